The van der Waals surface area contributed by atoms with E-state index in [4.69, 9.17) is 4.42 Å². The van der Waals surface area contributed by atoms with Crippen LogP contribution in [-0.2, 0) is 0 Å². The number of phenolic OH excluding ortho intramolecular Hbond substituents is 2. The molecular formula is C15H16O5. The minimum atomic E-state index is -0.771. The summed E-state index contributed by atoms with van der Waals surface area (Å²) in [5.74, 6) is -0.601. The SMILES string of the molecule is Cc1c2c3c(c(O)c(O)c(C)c3oc1=O)[C@@H](C)C[C@H]2O. The zero-order chi connectivity index (χ0) is 14.8. The molecule has 106 valence electrons. The van der Waals surface area contributed by atoms with Gasteiger partial charge in [-0.25, -0.2) is 4.79 Å². The second kappa shape index (κ2) is 3.99. The maximum Gasteiger partial charge on any atom is 0.339 e. The summed E-state index contributed by atoms with van der Waals surface area (Å²) in [7, 11) is 0. The highest BCUT2D eigenvalue weighted by Gasteiger charge is 2.33. The highest BCUT2D eigenvalue weighted by atomic mass is 16.4. The van der Waals surface area contributed by atoms with E-state index in [2.05, 4.69) is 0 Å². The molecule has 3 rings (SSSR count). The Morgan fingerprint density at radius 3 is 2.40 bits per heavy atom. The van der Waals surface area contributed by atoms with Crippen LogP contribution in [0.25, 0.3) is 11.0 Å². The lowest BCUT2D eigenvalue weighted by atomic mass is 9.79. The smallest absolute Gasteiger partial charge is 0.339 e. The first-order valence-corrected chi connectivity index (χ1v) is 6.54. The van der Waals surface area contributed by atoms with Crippen LogP contribution >= 0.6 is 0 Å². The van der Waals surface area contributed by atoms with Crippen molar-refractivity contribution in [3.05, 3.63) is 32.7 Å². The lowest BCUT2D eigenvalue weighted by Gasteiger charge is -2.29. The fourth-order valence-electron chi connectivity index (χ4n) is 3.17. The maximum atomic E-state index is 11.9. The van der Waals surface area contributed by atoms with Gasteiger partial charge in [0.05, 0.1) is 6.10 Å². The van der Waals surface area contributed by atoms with Crippen LogP contribution in [0.3, 0.4) is 0 Å². The largest absolute Gasteiger partial charge is 0.504 e. The van der Waals surface area contributed by atoms with Crippen LogP contribution in [0.15, 0.2) is 9.21 Å². The Bertz CT molecular complexity index is 787. The molecule has 0 saturated heterocycles. The van der Waals surface area contributed by atoms with E-state index in [-0.39, 0.29) is 23.0 Å². The summed E-state index contributed by atoms with van der Waals surface area (Å²) in [6.45, 7) is 5.03. The molecule has 1 aromatic heterocycles. The Labute approximate surface area is 115 Å². The van der Waals surface area contributed by atoms with Gasteiger partial charge in [-0.1, -0.05) is 6.92 Å². The second-order valence-corrected chi connectivity index (χ2v) is 5.52. The molecule has 2 aromatic rings. The quantitative estimate of drug-likeness (QED) is 0.507. The van der Waals surface area contributed by atoms with Gasteiger partial charge in [-0.2, -0.15) is 0 Å². The topological polar surface area (TPSA) is 90.9 Å². The molecule has 1 aliphatic rings. The minimum Gasteiger partial charge on any atom is -0.504 e. The van der Waals surface area contributed by atoms with Crippen LogP contribution in [0.5, 0.6) is 11.5 Å². The number of hydrogen-bond donors (Lipinski definition) is 3. The summed E-state index contributed by atoms with van der Waals surface area (Å²) in [6.07, 6.45) is -0.380. The van der Waals surface area contributed by atoms with E-state index in [1.807, 2.05) is 6.92 Å². The zero-order valence-corrected chi connectivity index (χ0v) is 11.5. The van der Waals surface area contributed by atoms with Gasteiger partial charge in [-0.15, -0.1) is 0 Å². The van der Waals surface area contributed by atoms with Crippen molar-refractivity contribution in [1.82, 2.24) is 0 Å². The normalized spacial score (nSPS) is 21.4. The van der Waals surface area contributed by atoms with Gasteiger partial charge in [0.2, 0.25) is 0 Å². The van der Waals surface area contributed by atoms with Crippen molar-refractivity contribution in [2.24, 2.45) is 0 Å². The molecule has 0 saturated carbocycles. The van der Waals surface area contributed by atoms with Gasteiger partial charge in [-0.05, 0) is 26.2 Å². The van der Waals surface area contributed by atoms with Crippen molar-refractivity contribution >= 4 is 11.0 Å². The van der Waals surface area contributed by atoms with Crippen LogP contribution in [0.2, 0.25) is 0 Å². The molecular weight excluding hydrogens is 260 g/mol. The van der Waals surface area contributed by atoms with Crippen LogP contribution in [0.1, 0.15) is 47.6 Å². The number of benzene rings is 1. The second-order valence-electron chi connectivity index (χ2n) is 5.52. The molecule has 5 nitrogen and oxygen atoms in total. The third kappa shape index (κ3) is 1.44. The molecule has 0 spiro atoms. The van der Waals surface area contributed by atoms with Crippen LogP contribution in [0.4, 0.5) is 0 Å². The predicted octanol–water partition coefficient (Wildman–Crippen LogP) is 2.36. The molecule has 1 heterocycles. The minimum absolute atomic E-state index is 0.140. The summed E-state index contributed by atoms with van der Waals surface area (Å²) in [5, 5.41) is 31.0. The average Bonchev–Trinajstić information content (AvgIpc) is 2.38. The van der Waals surface area contributed by atoms with Gasteiger partial charge in [0, 0.05) is 27.6 Å². The predicted molar refractivity (Wildman–Crippen MR) is 73.3 cm³/mol. The van der Waals surface area contributed by atoms with E-state index < -0.39 is 11.7 Å². The first-order valence-electron chi connectivity index (χ1n) is 6.54. The van der Waals surface area contributed by atoms with Gasteiger partial charge < -0.3 is 19.7 Å². The van der Waals surface area contributed by atoms with Crippen LogP contribution in [-0.4, -0.2) is 15.3 Å². The van der Waals surface area contributed by atoms with Gasteiger partial charge in [0.25, 0.3) is 0 Å². The average molecular weight is 276 g/mol. The standard InChI is InChI=1S/C15H16O5/c1-5-4-8(16)10-6(2)15(19)20-14-7(3)12(17)13(18)9(5)11(10)14/h5,8,16-18H,4H2,1-3H3/t5-,8+/m0/s1. The summed E-state index contributed by atoms with van der Waals surface area (Å²) in [5.41, 5.74) is 1.41. The van der Waals surface area contributed by atoms with Crippen molar-refractivity contribution in [2.45, 2.75) is 39.2 Å². The molecule has 1 aromatic carbocycles. The number of aromatic hydroxyl groups is 2. The van der Waals surface area contributed by atoms with Crippen LogP contribution < -0.4 is 5.63 Å². The Morgan fingerprint density at radius 2 is 1.75 bits per heavy atom. The zero-order valence-electron chi connectivity index (χ0n) is 11.5. The monoisotopic (exact) mass is 276 g/mol. The Morgan fingerprint density at radius 1 is 1.10 bits per heavy atom. The summed E-state index contributed by atoms with van der Waals surface area (Å²) >= 11 is 0. The van der Waals surface area contributed by atoms with E-state index in [1.54, 1.807) is 13.8 Å². The molecule has 5 heteroatoms. The molecule has 0 radical (unpaired) electrons. The molecule has 3 N–H and O–H groups in total. The molecule has 1 aliphatic carbocycles. The molecule has 0 unspecified atom stereocenters. The molecule has 0 fully saturated rings. The van der Waals surface area contributed by atoms with Crippen molar-refractivity contribution in [2.75, 3.05) is 0 Å². The first-order chi connectivity index (χ1) is 9.34. The van der Waals surface area contributed by atoms with E-state index >= 15 is 0 Å². The van der Waals surface area contributed by atoms with Crippen molar-refractivity contribution in [3.8, 4) is 11.5 Å². The van der Waals surface area contributed by atoms with Gasteiger partial charge in [-0.3, -0.25) is 0 Å². The Hall–Kier alpha value is -2.01. The van der Waals surface area contributed by atoms with Gasteiger partial charge in [0.15, 0.2) is 11.5 Å². The highest BCUT2D eigenvalue weighted by Crippen LogP contribution is 2.50. The van der Waals surface area contributed by atoms with E-state index in [0.717, 1.165) is 0 Å². The molecule has 0 bridgehead atoms. The van der Waals surface area contributed by atoms with E-state index in [0.29, 0.717) is 34.1 Å². The van der Waals surface area contributed by atoms with E-state index in [1.165, 1.54) is 0 Å². The fraction of sp³-hybridized carbons (Fsp3) is 0.400. The third-order valence-electron chi connectivity index (χ3n) is 4.25. The van der Waals surface area contributed by atoms with Gasteiger partial charge >= 0.3 is 5.63 Å². The molecule has 0 aliphatic heterocycles. The molecule has 0 amide bonds. The Kier molecular flexibility index (Phi) is 2.59. The maximum absolute atomic E-state index is 11.9. The van der Waals surface area contributed by atoms with Gasteiger partial charge in [0.1, 0.15) is 5.58 Å². The fourth-order valence-corrected chi connectivity index (χ4v) is 3.17. The number of hydrogen-bond acceptors (Lipinski definition) is 5. The summed E-state index contributed by atoms with van der Waals surface area (Å²) in [4.78, 5) is 11.9. The molecule has 2 atom stereocenters. The number of rotatable bonds is 0. The summed E-state index contributed by atoms with van der Waals surface area (Å²) in [6, 6.07) is 0. The summed E-state index contributed by atoms with van der Waals surface area (Å²) < 4.78 is 5.28. The molecule has 20 heavy (non-hydrogen) atoms. The third-order valence-corrected chi connectivity index (χ3v) is 4.25. The highest BCUT2D eigenvalue weighted by molar-refractivity contribution is 5.93. The van der Waals surface area contributed by atoms with Crippen molar-refractivity contribution < 1.29 is 19.7 Å². The number of aliphatic hydroxyl groups is 1. The lowest BCUT2D eigenvalue weighted by Crippen LogP contribution is -2.18. The number of aryl methyl sites for hydroxylation is 1. The first kappa shape index (κ1) is 13.0. The van der Waals surface area contributed by atoms with Crippen molar-refractivity contribution in [3.63, 3.8) is 0 Å². The van der Waals surface area contributed by atoms with Crippen LogP contribution in [0, 0.1) is 13.8 Å². The lowest BCUT2D eigenvalue weighted by molar-refractivity contribution is 0.155. The number of phenols is 2. The van der Waals surface area contributed by atoms with E-state index in [9.17, 15) is 20.1 Å². The van der Waals surface area contributed by atoms with Crippen molar-refractivity contribution in [1.29, 1.82) is 0 Å². The Balaban J connectivity index is 2.66. The number of aliphatic hydroxyl groups excluding tert-OH is 1.